The third kappa shape index (κ3) is 17.4. The molecular formula is C66H76BrN9O14S2. The predicted octanol–water partition coefficient (Wildman–Crippen LogP) is 10.8. The van der Waals surface area contributed by atoms with Crippen LogP contribution in [0.1, 0.15) is 75.9 Å². The van der Waals surface area contributed by atoms with Crippen LogP contribution in [0.15, 0.2) is 156 Å². The molecule has 10 rings (SSSR count). The molecule has 2 aliphatic heterocycles. The number of rotatable bonds is 20. The van der Waals surface area contributed by atoms with Gasteiger partial charge >= 0.3 is 24.2 Å². The molecular weight excluding hydrogens is 1290 g/mol. The molecule has 0 aliphatic carbocycles. The Kier molecular flexibility index (Phi) is 24.9. The Morgan fingerprint density at radius 1 is 0.554 bits per heavy atom. The minimum atomic E-state index is -3.96. The summed E-state index contributed by atoms with van der Waals surface area (Å²) in [4.78, 5) is 96.9. The Morgan fingerprint density at radius 3 is 1.45 bits per heavy atom. The van der Waals surface area contributed by atoms with Crippen molar-refractivity contribution in [2.75, 3.05) is 56.2 Å². The van der Waals surface area contributed by atoms with Crippen molar-refractivity contribution in [3.05, 3.63) is 174 Å². The zero-order chi connectivity index (χ0) is 65.4. The summed E-state index contributed by atoms with van der Waals surface area (Å²) >= 11 is 3.22. The third-order valence-corrected chi connectivity index (χ3v) is 19.3. The van der Waals surface area contributed by atoms with Gasteiger partial charge < -0.3 is 28.7 Å². The van der Waals surface area contributed by atoms with E-state index >= 15 is 0 Å². The Bertz CT molecular complexity index is 4080. The van der Waals surface area contributed by atoms with Gasteiger partial charge in [0.2, 0.25) is 0 Å². The number of esters is 1. The summed E-state index contributed by atoms with van der Waals surface area (Å²) in [6.45, 7) is 13.1. The van der Waals surface area contributed by atoms with Crippen LogP contribution in [-0.2, 0) is 73.0 Å². The van der Waals surface area contributed by atoms with Crippen molar-refractivity contribution in [3.8, 4) is 0 Å². The van der Waals surface area contributed by atoms with Gasteiger partial charge in [-0.2, -0.15) is 0 Å². The highest BCUT2D eigenvalue weighted by molar-refractivity contribution is 9.09. The summed E-state index contributed by atoms with van der Waals surface area (Å²) in [5.41, 5.74) is 5.04. The first-order chi connectivity index (χ1) is 43.7. The van der Waals surface area contributed by atoms with Crippen molar-refractivity contribution in [2.45, 2.75) is 91.2 Å². The fraction of sp³-hybridized carbons (Fsp3) is 0.364. The molecule has 488 valence electrons. The topological polar surface area (TPSA) is 279 Å². The van der Waals surface area contributed by atoms with Gasteiger partial charge in [-0.25, -0.2) is 59.1 Å². The van der Waals surface area contributed by atoms with E-state index in [0.717, 1.165) is 41.5 Å². The molecule has 3 amide bonds. The number of nitrogens with zero attached hydrogens (tertiary/aromatic N) is 9. The second-order valence-electron chi connectivity index (χ2n) is 21.6. The Hall–Kier alpha value is -8.88. The standard InChI is InChI=1S/C32H35N5O7S.C17H17N3O4S.C16H20BrNO3.CH4/c1-4-24-18-35(31(39)44-21-23-9-7-6-8-10-23)19-26(24)28(38)20-36(32(40)43-5-2)29-17-33-30-27(34-29)15-16-37(30)45(41,42)25-13-11-22(3)12-14-25;1-3-24-16(21)10-13-11-18-17-15(19-13)8-9-20(17)25(22,23)14-6-4-12(2)5-7-14;1-2-13-9-18(10-14(13)15(19)8-17)16(20)21-11-12-6-4-3-5-7-12;/h6-17,24,26H,4-5,18-21H2,1-3H3;4-9,11H,3,10H2,1-2H3;3-7,13-14H,2,8-11H2,1H3;1H4/t24-,26+;;13-,14?;/m1.1./s1. The van der Waals surface area contributed by atoms with Gasteiger partial charge in [0, 0.05) is 50.4 Å². The number of Topliss-reactive ketones (excluding diaryl/α,β-unsaturated/α-hetero) is 2. The minimum Gasteiger partial charge on any atom is -0.466 e. The number of aromatic nitrogens is 6. The maximum Gasteiger partial charge on any atom is 0.415 e. The number of anilines is 1. The zero-order valence-electron chi connectivity index (χ0n) is 51.3. The second kappa shape index (κ2) is 32.4. The number of alkyl halides is 1. The molecule has 0 spiro atoms. The van der Waals surface area contributed by atoms with E-state index in [1.54, 1.807) is 61.2 Å². The lowest BCUT2D eigenvalue weighted by molar-refractivity contribution is -0.142. The fourth-order valence-electron chi connectivity index (χ4n) is 10.4. The molecule has 0 radical (unpaired) electrons. The molecule has 8 aromatic rings. The van der Waals surface area contributed by atoms with E-state index in [1.165, 1.54) is 47.9 Å². The monoisotopic (exact) mass is 1360 g/mol. The van der Waals surface area contributed by atoms with Crippen LogP contribution in [0.25, 0.3) is 22.3 Å². The van der Waals surface area contributed by atoms with Gasteiger partial charge in [-0.3, -0.25) is 19.3 Å². The molecule has 2 fully saturated rings. The molecule has 92 heavy (non-hydrogen) atoms. The summed E-state index contributed by atoms with van der Waals surface area (Å²) in [5, 5.41) is 0.348. The first-order valence-electron chi connectivity index (χ1n) is 29.6. The molecule has 4 atom stereocenters. The Labute approximate surface area is 544 Å². The predicted molar refractivity (Wildman–Crippen MR) is 349 cm³/mol. The SMILES string of the molecule is C.CCOC(=O)Cc1cnc2c(ccn2S(=O)(=O)c2ccc(C)cc2)n1.CCOC(=O)N(CC(=O)[C@H]1CN(C(=O)OCc2ccccc2)C[C@H]1CC)c1cnc2c(ccn2S(=O)(=O)c2ccc(C)cc2)n1.CC[C@@H]1CN(C(=O)OCc2ccccc2)CC1C(=O)CBr. The lowest BCUT2D eigenvalue weighted by Gasteiger charge is -2.23. The number of fused-ring (bicyclic) bond motifs is 2. The van der Waals surface area contributed by atoms with E-state index in [2.05, 4.69) is 42.8 Å². The van der Waals surface area contributed by atoms with E-state index in [0.29, 0.717) is 49.2 Å². The molecule has 4 aromatic carbocycles. The van der Waals surface area contributed by atoms with Crippen LogP contribution in [0, 0.1) is 37.5 Å². The molecule has 2 saturated heterocycles. The molecule has 26 heteroatoms. The van der Waals surface area contributed by atoms with Gasteiger partial charge in [-0.1, -0.05) is 146 Å². The van der Waals surface area contributed by atoms with Crippen molar-refractivity contribution >= 4 is 99.9 Å². The molecule has 1 unspecified atom stereocenters. The number of carbonyl (C=O) groups is 6. The lowest BCUT2D eigenvalue weighted by Crippen LogP contribution is -2.41. The number of ketones is 2. The van der Waals surface area contributed by atoms with E-state index < -0.39 is 44.1 Å². The highest BCUT2D eigenvalue weighted by Crippen LogP contribution is 2.31. The summed E-state index contributed by atoms with van der Waals surface area (Å²) < 4.78 is 75.2. The highest BCUT2D eigenvalue weighted by Gasteiger charge is 2.41. The number of ether oxygens (including phenoxy) is 4. The van der Waals surface area contributed by atoms with Gasteiger partial charge in [0.1, 0.15) is 30.0 Å². The van der Waals surface area contributed by atoms with E-state index in [-0.39, 0.29) is 115 Å². The molecule has 4 aromatic heterocycles. The lowest BCUT2D eigenvalue weighted by atomic mass is 9.90. The largest absolute Gasteiger partial charge is 0.466 e. The van der Waals surface area contributed by atoms with Crippen LogP contribution >= 0.6 is 15.9 Å². The van der Waals surface area contributed by atoms with Crippen molar-refractivity contribution < 1.29 is 64.6 Å². The summed E-state index contributed by atoms with van der Waals surface area (Å²) in [6.07, 6.45) is 5.29. The van der Waals surface area contributed by atoms with Gasteiger partial charge in [0.25, 0.3) is 20.0 Å². The van der Waals surface area contributed by atoms with Crippen LogP contribution in [0.2, 0.25) is 0 Å². The first kappa shape index (κ1) is 70.6. The molecule has 0 N–H and O–H groups in total. The average molecular weight is 1360 g/mol. The van der Waals surface area contributed by atoms with Gasteiger partial charge in [0.05, 0.1) is 59.4 Å². The molecule has 0 saturated carbocycles. The minimum absolute atomic E-state index is 0. The number of carbonyl (C=O) groups excluding carboxylic acids is 6. The highest BCUT2D eigenvalue weighted by atomic mass is 79.9. The van der Waals surface area contributed by atoms with Crippen LogP contribution in [0.5, 0.6) is 0 Å². The maximum absolute atomic E-state index is 13.7. The van der Waals surface area contributed by atoms with Crippen LogP contribution in [-0.4, -0.2) is 142 Å². The third-order valence-electron chi connectivity index (χ3n) is 15.4. The van der Waals surface area contributed by atoms with Crippen LogP contribution in [0.4, 0.5) is 20.2 Å². The summed E-state index contributed by atoms with van der Waals surface area (Å²) in [6, 6.07) is 35.0. The zero-order valence-corrected chi connectivity index (χ0v) is 54.5. The van der Waals surface area contributed by atoms with Crippen molar-refractivity contribution in [1.29, 1.82) is 0 Å². The quantitative estimate of drug-likeness (QED) is 0.0389. The summed E-state index contributed by atoms with van der Waals surface area (Å²) in [5.74, 6) is -0.963. The number of hydrogen-bond donors (Lipinski definition) is 0. The van der Waals surface area contributed by atoms with E-state index in [9.17, 15) is 45.6 Å². The number of halogens is 1. The number of hydrogen-bond acceptors (Lipinski definition) is 18. The maximum atomic E-state index is 13.7. The first-order valence-corrected chi connectivity index (χ1v) is 33.6. The number of amides is 3. The van der Waals surface area contributed by atoms with Crippen LogP contribution in [0.3, 0.4) is 0 Å². The van der Waals surface area contributed by atoms with Gasteiger partial charge in [0.15, 0.2) is 22.9 Å². The number of aryl methyl sites for hydroxylation is 2. The Balaban J connectivity index is 0.000000215. The average Bonchev–Trinajstić information content (AvgIpc) is 1.57. The molecule has 23 nitrogen and oxygen atoms in total. The van der Waals surface area contributed by atoms with Crippen molar-refractivity contribution in [2.24, 2.45) is 23.7 Å². The normalized spacial score (nSPS) is 16.1. The van der Waals surface area contributed by atoms with Gasteiger partial charge in [-0.15, -0.1) is 0 Å². The molecule has 2 aliphatic rings. The second-order valence-corrected chi connectivity index (χ2v) is 25.8. The summed E-state index contributed by atoms with van der Waals surface area (Å²) in [7, 11) is -7.72. The molecule has 6 heterocycles. The smallest absolute Gasteiger partial charge is 0.415 e. The number of benzene rings is 4. The number of likely N-dealkylation sites (tertiary alicyclic amines) is 2. The van der Waals surface area contributed by atoms with Crippen molar-refractivity contribution in [1.82, 2.24) is 37.7 Å². The molecule has 0 bridgehead atoms. The van der Waals surface area contributed by atoms with Crippen LogP contribution < -0.4 is 4.90 Å². The van der Waals surface area contributed by atoms with E-state index in [1.807, 2.05) is 81.4 Å². The fourth-order valence-corrected chi connectivity index (χ4v) is 13.5. The Morgan fingerprint density at radius 2 is 1.00 bits per heavy atom. The van der Waals surface area contributed by atoms with E-state index in [4.69, 9.17) is 18.9 Å². The van der Waals surface area contributed by atoms with Crippen molar-refractivity contribution in [3.63, 3.8) is 0 Å². The van der Waals surface area contributed by atoms with Gasteiger partial charge in [-0.05, 0) is 87.1 Å².